The maximum Gasteiger partial charge on any atom is 0.325 e. The molecule has 7 nitrogen and oxygen atoms in total. The number of para-hydroxylation sites is 1. The monoisotopic (exact) mass is 380 g/mol. The zero-order chi connectivity index (χ0) is 16.4. The molecule has 3 rings (SSSR count). The highest BCUT2D eigenvalue weighted by Gasteiger charge is 2.47. The Balaban J connectivity index is 1.57. The highest BCUT2D eigenvalue weighted by Crippen LogP contribution is 2.26. The van der Waals surface area contributed by atoms with Gasteiger partial charge in [-0.2, -0.15) is 0 Å². The van der Waals surface area contributed by atoms with E-state index in [2.05, 4.69) is 26.2 Å². The SMILES string of the molecule is CN1C(=O)NC(=O)C2C1N=C(Br)N2CCCOc1ccccc1. The Labute approximate surface area is 142 Å². The summed E-state index contributed by atoms with van der Waals surface area (Å²) in [5.74, 6) is 0.501. The highest BCUT2D eigenvalue weighted by atomic mass is 79.9. The second-order valence-corrected chi connectivity index (χ2v) is 6.08. The van der Waals surface area contributed by atoms with Crippen LogP contribution in [-0.4, -0.2) is 58.9 Å². The van der Waals surface area contributed by atoms with E-state index in [9.17, 15) is 9.59 Å². The molecule has 0 saturated carbocycles. The normalized spacial score (nSPS) is 23.5. The number of rotatable bonds is 5. The number of hydrogen-bond acceptors (Lipinski definition) is 5. The fourth-order valence-electron chi connectivity index (χ4n) is 2.67. The molecular weight excluding hydrogens is 364 g/mol. The van der Waals surface area contributed by atoms with Gasteiger partial charge < -0.3 is 14.5 Å². The Bertz CT molecular complexity index is 637. The number of aliphatic imine (C=N–C) groups is 1. The lowest BCUT2D eigenvalue weighted by Crippen LogP contribution is -2.63. The molecule has 1 fully saturated rings. The molecule has 122 valence electrons. The molecule has 3 amide bonds. The van der Waals surface area contributed by atoms with Crippen molar-refractivity contribution in [3.8, 4) is 5.75 Å². The van der Waals surface area contributed by atoms with Crippen LogP contribution in [0, 0.1) is 0 Å². The first-order valence-corrected chi connectivity index (χ1v) is 8.12. The number of fused-ring (bicyclic) bond motifs is 1. The van der Waals surface area contributed by atoms with Crippen LogP contribution in [0.15, 0.2) is 35.3 Å². The third-order valence-electron chi connectivity index (χ3n) is 3.87. The quantitative estimate of drug-likeness (QED) is 0.618. The lowest BCUT2D eigenvalue weighted by atomic mass is 10.1. The number of imide groups is 1. The molecule has 2 heterocycles. The average molecular weight is 381 g/mol. The van der Waals surface area contributed by atoms with Gasteiger partial charge in [-0.05, 0) is 34.5 Å². The van der Waals surface area contributed by atoms with Crippen LogP contribution in [0.5, 0.6) is 5.75 Å². The van der Waals surface area contributed by atoms with Gasteiger partial charge in [0.2, 0.25) is 0 Å². The summed E-state index contributed by atoms with van der Waals surface area (Å²) < 4.78 is 6.24. The number of carbonyl (C=O) groups is 2. The second-order valence-electron chi connectivity index (χ2n) is 5.37. The number of urea groups is 1. The first-order valence-electron chi connectivity index (χ1n) is 7.33. The Morgan fingerprint density at radius 1 is 1.30 bits per heavy atom. The van der Waals surface area contributed by atoms with E-state index < -0.39 is 18.2 Å². The number of hydrogen-bond donors (Lipinski definition) is 1. The molecule has 2 aliphatic rings. The highest BCUT2D eigenvalue weighted by molar-refractivity contribution is 9.18. The van der Waals surface area contributed by atoms with E-state index in [1.54, 1.807) is 7.05 Å². The first-order chi connectivity index (χ1) is 11.1. The van der Waals surface area contributed by atoms with Gasteiger partial charge in [-0.15, -0.1) is 0 Å². The van der Waals surface area contributed by atoms with Crippen LogP contribution < -0.4 is 10.1 Å². The summed E-state index contributed by atoms with van der Waals surface area (Å²) in [6.07, 6.45) is 0.244. The van der Waals surface area contributed by atoms with Crippen molar-refractivity contribution >= 4 is 32.6 Å². The molecule has 1 saturated heterocycles. The lowest BCUT2D eigenvalue weighted by molar-refractivity contribution is -0.127. The van der Waals surface area contributed by atoms with E-state index in [1.165, 1.54) is 4.90 Å². The summed E-state index contributed by atoms with van der Waals surface area (Å²) in [4.78, 5) is 31.4. The number of amides is 3. The topological polar surface area (TPSA) is 74.2 Å². The Kier molecular flexibility index (Phi) is 4.51. The molecule has 0 bridgehead atoms. The smallest absolute Gasteiger partial charge is 0.325 e. The van der Waals surface area contributed by atoms with Gasteiger partial charge in [-0.1, -0.05) is 18.2 Å². The van der Waals surface area contributed by atoms with Crippen molar-refractivity contribution in [3.63, 3.8) is 0 Å². The van der Waals surface area contributed by atoms with Gasteiger partial charge in [-0.25, -0.2) is 9.79 Å². The van der Waals surface area contributed by atoms with E-state index in [1.807, 2.05) is 35.2 Å². The maximum absolute atomic E-state index is 12.1. The third kappa shape index (κ3) is 3.17. The van der Waals surface area contributed by atoms with E-state index in [-0.39, 0.29) is 5.91 Å². The van der Waals surface area contributed by atoms with Gasteiger partial charge in [-0.3, -0.25) is 10.1 Å². The van der Waals surface area contributed by atoms with E-state index in [4.69, 9.17) is 4.74 Å². The first kappa shape index (κ1) is 15.8. The Morgan fingerprint density at radius 3 is 2.78 bits per heavy atom. The number of amidine groups is 1. The van der Waals surface area contributed by atoms with Gasteiger partial charge in [0.1, 0.15) is 5.75 Å². The molecule has 8 heteroatoms. The van der Waals surface area contributed by atoms with Crippen molar-refractivity contribution in [2.24, 2.45) is 4.99 Å². The Morgan fingerprint density at radius 2 is 2.04 bits per heavy atom. The van der Waals surface area contributed by atoms with Crippen LogP contribution in [0.2, 0.25) is 0 Å². The maximum atomic E-state index is 12.1. The molecule has 1 aromatic rings. The van der Waals surface area contributed by atoms with Crippen LogP contribution in [0.1, 0.15) is 6.42 Å². The van der Waals surface area contributed by atoms with Gasteiger partial charge in [0.15, 0.2) is 17.0 Å². The summed E-state index contributed by atoms with van der Waals surface area (Å²) in [5.41, 5.74) is 0. The fourth-order valence-corrected chi connectivity index (χ4v) is 3.27. The number of ether oxygens (including phenoxy) is 1. The molecule has 0 aliphatic carbocycles. The zero-order valence-corrected chi connectivity index (χ0v) is 14.2. The van der Waals surface area contributed by atoms with Crippen molar-refractivity contribution < 1.29 is 14.3 Å². The molecule has 0 radical (unpaired) electrons. The van der Waals surface area contributed by atoms with Gasteiger partial charge >= 0.3 is 6.03 Å². The number of nitrogens with one attached hydrogen (secondary N) is 1. The van der Waals surface area contributed by atoms with Crippen LogP contribution in [-0.2, 0) is 4.79 Å². The summed E-state index contributed by atoms with van der Waals surface area (Å²) in [6.45, 7) is 1.14. The molecule has 1 N–H and O–H groups in total. The van der Waals surface area contributed by atoms with E-state index in [0.29, 0.717) is 17.9 Å². The zero-order valence-electron chi connectivity index (χ0n) is 12.6. The van der Waals surface area contributed by atoms with Crippen molar-refractivity contribution in [1.29, 1.82) is 0 Å². The minimum absolute atomic E-state index is 0.319. The van der Waals surface area contributed by atoms with Crippen LogP contribution in [0.3, 0.4) is 0 Å². The Hall–Kier alpha value is -2.09. The largest absolute Gasteiger partial charge is 0.494 e. The molecule has 2 aliphatic heterocycles. The summed E-state index contributed by atoms with van der Waals surface area (Å²) in [5, 5.41) is 2.35. The van der Waals surface area contributed by atoms with Gasteiger partial charge in [0, 0.05) is 13.6 Å². The van der Waals surface area contributed by atoms with Crippen molar-refractivity contribution in [1.82, 2.24) is 15.1 Å². The number of carbonyl (C=O) groups excluding carboxylic acids is 2. The molecule has 23 heavy (non-hydrogen) atoms. The fraction of sp³-hybridized carbons (Fsp3) is 0.400. The van der Waals surface area contributed by atoms with Crippen molar-refractivity contribution in [2.75, 3.05) is 20.2 Å². The predicted octanol–water partition coefficient (Wildman–Crippen LogP) is 1.40. The second kappa shape index (κ2) is 6.57. The molecule has 2 unspecified atom stereocenters. The summed E-state index contributed by atoms with van der Waals surface area (Å²) in [6, 6.07) is 8.66. The number of likely N-dealkylation sites (N-methyl/N-ethyl adjacent to an activating group) is 1. The van der Waals surface area contributed by atoms with Crippen molar-refractivity contribution in [2.45, 2.75) is 18.6 Å². The summed E-state index contributed by atoms with van der Waals surface area (Å²) in [7, 11) is 1.63. The van der Waals surface area contributed by atoms with Crippen LogP contribution >= 0.6 is 15.9 Å². The third-order valence-corrected chi connectivity index (χ3v) is 4.53. The number of halogens is 1. The van der Waals surface area contributed by atoms with Crippen LogP contribution in [0.4, 0.5) is 4.79 Å². The number of nitrogens with zero attached hydrogens (tertiary/aromatic N) is 3. The molecule has 0 spiro atoms. The standard InChI is InChI=1S/C15H17BrN4O3/c1-19-12-11(13(21)18-15(19)22)20(14(16)17-12)8-5-9-23-10-6-3-2-4-7-10/h2-4,6-7,11-12H,5,8-9H2,1H3,(H,18,21,22). The molecular formula is C15H17BrN4O3. The predicted molar refractivity (Wildman–Crippen MR) is 88.5 cm³/mol. The molecule has 2 atom stereocenters. The van der Waals surface area contributed by atoms with E-state index >= 15 is 0 Å². The molecule has 0 aromatic heterocycles. The van der Waals surface area contributed by atoms with Crippen molar-refractivity contribution in [3.05, 3.63) is 30.3 Å². The summed E-state index contributed by atoms with van der Waals surface area (Å²) >= 11 is 3.38. The van der Waals surface area contributed by atoms with Gasteiger partial charge in [0.25, 0.3) is 5.91 Å². The van der Waals surface area contributed by atoms with Crippen LogP contribution in [0.25, 0.3) is 0 Å². The van der Waals surface area contributed by atoms with Gasteiger partial charge in [0.05, 0.1) is 6.61 Å². The average Bonchev–Trinajstić information content (AvgIpc) is 2.88. The lowest BCUT2D eigenvalue weighted by Gasteiger charge is -2.35. The molecule has 1 aromatic carbocycles. The van der Waals surface area contributed by atoms with E-state index in [0.717, 1.165) is 12.2 Å². The minimum Gasteiger partial charge on any atom is -0.494 e. The number of benzene rings is 1. The minimum atomic E-state index is -0.496.